The van der Waals surface area contributed by atoms with Gasteiger partial charge in [0.25, 0.3) is 11.8 Å². The van der Waals surface area contributed by atoms with E-state index in [0.717, 1.165) is 9.75 Å². The molecule has 0 aromatic carbocycles. The molecule has 2 heterocycles. The number of hydrogen-bond acceptors (Lipinski definition) is 3. The number of thiophene rings is 1. The molecule has 0 saturated heterocycles. The number of carbonyl (C=O) groups is 2. The average molecular weight is 263 g/mol. The van der Waals surface area contributed by atoms with Gasteiger partial charge in [0.05, 0.1) is 11.1 Å². The molecule has 0 radical (unpaired) electrons. The molecule has 0 N–H and O–H groups in total. The molecule has 0 saturated carbocycles. The van der Waals surface area contributed by atoms with Crippen LogP contribution in [0.3, 0.4) is 0 Å². The Morgan fingerprint density at radius 1 is 1.22 bits per heavy atom. The Morgan fingerprint density at radius 3 is 2.39 bits per heavy atom. The molecule has 18 heavy (non-hydrogen) atoms. The molecule has 0 unspecified atom stereocenters. The van der Waals surface area contributed by atoms with E-state index in [-0.39, 0.29) is 17.7 Å². The van der Waals surface area contributed by atoms with Gasteiger partial charge in [0.15, 0.2) is 0 Å². The Kier molecular flexibility index (Phi) is 3.39. The molecule has 0 spiro atoms. The number of imide groups is 1. The Morgan fingerprint density at radius 2 is 1.83 bits per heavy atom. The zero-order valence-corrected chi connectivity index (χ0v) is 11.9. The van der Waals surface area contributed by atoms with Crippen molar-refractivity contribution in [3.05, 3.63) is 27.0 Å². The Hall–Kier alpha value is -1.42. The van der Waals surface area contributed by atoms with E-state index < -0.39 is 0 Å². The monoisotopic (exact) mass is 263 g/mol. The summed E-state index contributed by atoms with van der Waals surface area (Å²) in [4.78, 5) is 27.8. The molecule has 96 valence electrons. The van der Waals surface area contributed by atoms with E-state index in [9.17, 15) is 9.59 Å². The summed E-state index contributed by atoms with van der Waals surface area (Å²) in [5.74, 6) is 0.0189. The fourth-order valence-corrected chi connectivity index (χ4v) is 3.31. The van der Waals surface area contributed by atoms with Crippen LogP contribution in [0.4, 0.5) is 0 Å². The summed E-state index contributed by atoms with van der Waals surface area (Å²) in [5, 5.41) is 0. The lowest BCUT2D eigenvalue weighted by atomic mass is 10.1. The molecule has 0 bridgehead atoms. The zero-order valence-electron chi connectivity index (χ0n) is 11.1. The van der Waals surface area contributed by atoms with Gasteiger partial charge in [-0.15, -0.1) is 11.3 Å². The van der Waals surface area contributed by atoms with Crippen molar-refractivity contribution < 1.29 is 9.59 Å². The van der Waals surface area contributed by atoms with Gasteiger partial charge in [-0.05, 0) is 25.8 Å². The second-order valence-corrected chi connectivity index (χ2v) is 6.14. The lowest BCUT2D eigenvalue weighted by molar-refractivity contribution is 0.0636. The van der Waals surface area contributed by atoms with Gasteiger partial charge in [-0.3, -0.25) is 14.5 Å². The smallest absolute Gasteiger partial charge is 0.263 e. The van der Waals surface area contributed by atoms with Crippen LogP contribution >= 0.6 is 11.3 Å². The fourth-order valence-electron chi connectivity index (χ4n) is 2.20. The minimum Gasteiger partial charge on any atom is -0.274 e. The number of hydrogen-bond donors (Lipinski definition) is 0. The molecule has 3 nitrogen and oxygen atoms in total. The molecule has 0 aliphatic carbocycles. The molecule has 1 aliphatic rings. The molecule has 2 amide bonds. The highest BCUT2D eigenvalue weighted by Gasteiger charge is 2.40. The topological polar surface area (TPSA) is 37.4 Å². The van der Waals surface area contributed by atoms with Gasteiger partial charge < -0.3 is 0 Å². The van der Waals surface area contributed by atoms with E-state index in [2.05, 4.69) is 0 Å². The molecule has 0 atom stereocenters. The van der Waals surface area contributed by atoms with Crippen LogP contribution in [0.1, 0.15) is 51.2 Å². The van der Waals surface area contributed by atoms with Gasteiger partial charge in [-0.2, -0.15) is 0 Å². The largest absolute Gasteiger partial charge is 0.274 e. The van der Waals surface area contributed by atoms with Crippen LogP contribution in [-0.2, 0) is 0 Å². The van der Waals surface area contributed by atoms with Crippen molar-refractivity contribution in [3.63, 3.8) is 0 Å². The van der Waals surface area contributed by atoms with E-state index in [0.29, 0.717) is 17.7 Å². The predicted molar refractivity (Wildman–Crippen MR) is 74.0 cm³/mol. The predicted octanol–water partition coefficient (Wildman–Crippen LogP) is 3.34. The Labute approximate surface area is 111 Å². The number of rotatable bonds is 3. The lowest BCUT2D eigenvalue weighted by Crippen LogP contribution is -2.33. The molecule has 1 aromatic rings. The second kappa shape index (κ2) is 4.69. The first-order chi connectivity index (χ1) is 8.47. The maximum atomic E-state index is 12.3. The number of nitrogens with zero attached hydrogens (tertiary/aromatic N) is 1. The Balaban J connectivity index is 2.49. The summed E-state index contributed by atoms with van der Waals surface area (Å²) in [6.45, 7) is 8.32. The van der Waals surface area contributed by atoms with Crippen LogP contribution < -0.4 is 0 Å². The van der Waals surface area contributed by atoms with Gasteiger partial charge in [0, 0.05) is 16.3 Å². The molecule has 2 rings (SSSR count). The highest BCUT2D eigenvalue weighted by molar-refractivity contribution is 7.13. The SMILES string of the molecule is C/C=C/c1sc(C)c2c1C(=O)N(CC(C)C)C2=O. The van der Waals surface area contributed by atoms with Crippen molar-refractivity contribution in [1.29, 1.82) is 0 Å². The van der Waals surface area contributed by atoms with Crippen molar-refractivity contribution in [2.75, 3.05) is 6.54 Å². The maximum absolute atomic E-state index is 12.3. The molecule has 0 fully saturated rings. The third-order valence-corrected chi connectivity index (χ3v) is 3.97. The van der Waals surface area contributed by atoms with Crippen LogP contribution in [0.5, 0.6) is 0 Å². The van der Waals surface area contributed by atoms with Crippen LogP contribution in [0.2, 0.25) is 0 Å². The summed E-state index contributed by atoms with van der Waals surface area (Å²) < 4.78 is 0. The first kappa shape index (κ1) is 13.0. The fraction of sp³-hybridized carbons (Fsp3) is 0.429. The molecule has 1 aromatic heterocycles. The first-order valence-corrected chi connectivity index (χ1v) is 6.91. The van der Waals surface area contributed by atoms with Crippen LogP contribution in [0, 0.1) is 12.8 Å². The van der Waals surface area contributed by atoms with Crippen molar-refractivity contribution >= 4 is 29.2 Å². The summed E-state index contributed by atoms with van der Waals surface area (Å²) in [7, 11) is 0. The van der Waals surface area contributed by atoms with Crippen molar-refractivity contribution in [3.8, 4) is 0 Å². The van der Waals surface area contributed by atoms with E-state index in [4.69, 9.17) is 0 Å². The zero-order chi connectivity index (χ0) is 13.4. The van der Waals surface area contributed by atoms with Crippen LogP contribution in [0.25, 0.3) is 6.08 Å². The highest BCUT2D eigenvalue weighted by atomic mass is 32.1. The molecular formula is C14H17NO2S. The molecular weight excluding hydrogens is 246 g/mol. The van der Waals surface area contributed by atoms with Gasteiger partial charge in [-0.1, -0.05) is 19.9 Å². The summed E-state index contributed by atoms with van der Waals surface area (Å²) in [6, 6.07) is 0. The molecule has 4 heteroatoms. The summed E-state index contributed by atoms with van der Waals surface area (Å²) in [6.07, 6.45) is 3.80. The Bertz CT molecular complexity index is 540. The average Bonchev–Trinajstić information content (AvgIpc) is 2.72. The summed E-state index contributed by atoms with van der Waals surface area (Å²) in [5.41, 5.74) is 1.21. The van der Waals surface area contributed by atoms with E-state index in [1.807, 2.05) is 39.8 Å². The number of amides is 2. The van der Waals surface area contributed by atoms with E-state index in [1.165, 1.54) is 16.2 Å². The minimum absolute atomic E-state index is 0.131. The second-order valence-electron chi connectivity index (χ2n) is 4.89. The van der Waals surface area contributed by atoms with Crippen LogP contribution in [-0.4, -0.2) is 23.3 Å². The van der Waals surface area contributed by atoms with Crippen molar-refractivity contribution in [2.45, 2.75) is 27.7 Å². The number of fused-ring (bicyclic) bond motifs is 1. The van der Waals surface area contributed by atoms with Crippen molar-refractivity contribution in [1.82, 2.24) is 4.90 Å². The quantitative estimate of drug-likeness (QED) is 0.784. The summed E-state index contributed by atoms with van der Waals surface area (Å²) >= 11 is 1.51. The number of allylic oxidation sites excluding steroid dienone is 1. The highest BCUT2D eigenvalue weighted by Crippen LogP contribution is 2.36. The third kappa shape index (κ3) is 1.90. The lowest BCUT2D eigenvalue weighted by Gasteiger charge is -2.16. The molecule has 1 aliphatic heterocycles. The van der Waals surface area contributed by atoms with Crippen LogP contribution in [0.15, 0.2) is 6.08 Å². The van der Waals surface area contributed by atoms with E-state index in [1.54, 1.807) is 0 Å². The standard InChI is InChI=1S/C14H17NO2S/c1-5-6-10-12-11(9(4)18-10)13(16)15(14(12)17)7-8(2)3/h5-6,8H,7H2,1-4H3/b6-5+. The van der Waals surface area contributed by atoms with Gasteiger partial charge in [-0.25, -0.2) is 0 Å². The normalized spacial score (nSPS) is 15.3. The number of carbonyl (C=O) groups excluding carboxylic acids is 2. The van der Waals surface area contributed by atoms with Gasteiger partial charge in [0.1, 0.15) is 0 Å². The van der Waals surface area contributed by atoms with Crippen molar-refractivity contribution in [2.24, 2.45) is 5.92 Å². The van der Waals surface area contributed by atoms with Gasteiger partial charge in [0.2, 0.25) is 0 Å². The van der Waals surface area contributed by atoms with E-state index >= 15 is 0 Å². The first-order valence-electron chi connectivity index (χ1n) is 6.09. The van der Waals surface area contributed by atoms with Gasteiger partial charge >= 0.3 is 0 Å². The minimum atomic E-state index is -0.138. The maximum Gasteiger partial charge on any atom is 0.263 e. The third-order valence-electron chi connectivity index (χ3n) is 2.90. The number of aryl methyl sites for hydroxylation is 1.